The number of nitrogens with zero attached hydrogens (tertiary/aromatic N) is 3. The number of amides is 2. The van der Waals surface area contributed by atoms with Gasteiger partial charge in [0.05, 0.1) is 15.7 Å². The Labute approximate surface area is 232 Å². The zero-order valence-electron chi connectivity index (χ0n) is 19.4. The van der Waals surface area contributed by atoms with Crippen LogP contribution < -0.4 is 20.1 Å². The molecule has 1 aliphatic heterocycles. The number of halogens is 5. The number of pyridine rings is 1. The third kappa shape index (κ3) is 5.79. The number of rotatable bonds is 7. The van der Waals surface area contributed by atoms with Crippen molar-refractivity contribution in [1.29, 1.82) is 0 Å². The van der Waals surface area contributed by atoms with Gasteiger partial charge in [-0.25, -0.2) is 9.67 Å². The molecule has 4 rings (SSSR count). The van der Waals surface area contributed by atoms with Gasteiger partial charge in [0, 0.05) is 29.6 Å². The number of thioether (sulfide) groups is 1. The fraction of sp³-hybridized carbons (Fsp3) is 0.273. The largest absolute Gasteiger partial charge is 0.586 e. The molecule has 3 heterocycles. The summed E-state index contributed by atoms with van der Waals surface area (Å²) < 4.78 is 38.5. The van der Waals surface area contributed by atoms with Crippen molar-refractivity contribution in [2.75, 3.05) is 17.3 Å². The highest BCUT2D eigenvalue weighted by Gasteiger charge is 2.47. The van der Waals surface area contributed by atoms with Gasteiger partial charge >= 0.3 is 6.29 Å². The molecular formula is C22H18BrCl2F2N5O4S. The number of alkyl halides is 2. The predicted octanol–water partition coefficient (Wildman–Crippen LogP) is 5.78. The van der Waals surface area contributed by atoms with Crippen LogP contribution in [0.5, 0.6) is 11.5 Å². The number of nitrogens with one attached hydrogen (secondary N) is 2. The summed E-state index contributed by atoms with van der Waals surface area (Å²) in [5.41, 5.74) is -1.47. The molecule has 0 fully saturated rings. The van der Waals surface area contributed by atoms with Crippen molar-refractivity contribution in [2.45, 2.75) is 25.7 Å². The molecule has 0 unspecified atom stereocenters. The monoisotopic (exact) mass is 635 g/mol. The molecule has 2 aromatic heterocycles. The maximum Gasteiger partial charge on any atom is 0.586 e. The third-order valence-corrected chi connectivity index (χ3v) is 6.91. The van der Waals surface area contributed by atoms with E-state index < -0.39 is 40.7 Å². The van der Waals surface area contributed by atoms with E-state index >= 15 is 0 Å². The molecule has 0 bridgehead atoms. The highest BCUT2D eigenvalue weighted by atomic mass is 79.9. The molecule has 0 aliphatic carbocycles. The van der Waals surface area contributed by atoms with Gasteiger partial charge in [-0.2, -0.15) is 16.9 Å². The summed E-state index contributed by atoms with van der Waals surface area (Å²) in [6.45, 7) is 3.51. The first-order valence-corrected chi connectivity index (χ1v) is 13.4. The van der Waals surface area contributed by atoms with E-state index in [-0.39, 0.29) is 31.8 Å². The minimum absolute atomic E-state index is 0.0411. The van der Waals surface area contributed by atoms with Gasteiger partial charge < -0.3 is 20.1 Å². The van der Waals surface area contributed by atoms with Gasteiger partial charge in [0.1, 0.15) is 15.9 Å². The van der Waals surface area contributed by atoms with Crippen molar-refractivity contribution < 1.29 is 27.8 Å². The topological polar surface area (TPSA) is 107 Å². The summed E-state index contributed by atoms with van der Waals surface area (Å²) >= 11 is 17.3. The minimum Gasteiger partial charge on any atom is -0.395 e. The fourth-order valence-corrected chi connectivity index (χ4v) is 5.16. The van der Waals surface area contributed by atoms with Gasteiger partial charge in [0.2, 0.25) is 0 Å². The number of carbonyl (C=O) groups is 2. The van der Waals surface area contributed by atoms with E-state index in [0.29, 0.717) is 5.75 Å². The molecule has 2 N–H and O–H groups in total. The van der Waals surface area contributed by atoms with Gasteiger partial charge in [-0.15, -0.1) is 8.78 Å². The normalized spacial score (nSPS) is 13.9. The number of fused-ring (bicyclic) bond motifs is 1. The summed E-state index contributed by atoms with van der Waals surface area (Å²) in [7, 11) is 0. The van der Waals surface area contributed by atoms with Crippen LogP contribution in [0.4, 0.5) is 14.5 Å². The Balaban J connectivity index is 1.79. The first kappa shape index (κ1) is 27.4. The number of ether oxygens (including phenoxy) is 2. The highest BCUT2D eigenvalue weighted by Crippen LogP contribution is 2.49. The number of anilines is 1. The fourth-order valence-electron chi connectivity index (χ4n) is 3.55. The van der Waals surface area contributed by atoms with Gasteiger partial charge in [0.15, 0.2) is 17.3 Å². The molecule has 9 nitrogen and oxygen atoms in total. The lowest BCUT2D eigenvalue weighted by Crippen LogP contribution is -2.45. The summed E-state index contributed by atoms with van der Waals surface area (Å²) in [4.78, 5) is 30.9. The average Bonchev–Trinajstić information content (AvgIpc) is 3.31. The van der Waals surface area contributed by atoms with Gasteiger partial charge in [-0.05, 0) is 48.2 Å². The van der Waals surface area contributed by atoms with Crippen LogP contribution in [0.2, 0.25) is 10.0 Å². The first-order valence-electron chi connectivity index (χ1n) is 10.4. The van der Waals surface area contributed by atoms with Gasteiger partial charge in [-0.3, -0.25) is 9.59 Å². The number of benzene rings is 1. The zero-order chi connectivity index (χ0) is 27.1. The smallest absolute Gasteiger partial charge is 0.395 e. The molecule has 1 aliphatic rings. The first-order chi connectivity index (χ1) is 17.3. The maximum atomic E-state index is 14.0. The van der Waals surface area contributed by atoms with Crippen molar-refractivity contribution in [3.63, 3.8) is 0 Å². The third-order valence-electron chi connectivity index (χ3n) is 4.92. The molecule has 0 radical (unpaired) electrons. The Hall–Kier alpha value is -2.61. The number of aromatic nitrogens is 3. The van der Waals surface area contributed by atoms with Crippen molar-refractivity contribution in [1.82, 2.24) is 20.1 Å². The molecule has 3 aromatic rings. The van der Waals surface area contributed by atoms with Crippen LogP contribution in [0.25, 0.3) is 5.82 Å². The number of hydrogen-bond donors (Lipinski definition) is 2. The van der Waals surface area contributed by atoms with Crippen LogP contribution in [0.3, 0.4) is 0 Å². The van der Waals surface area contributed by atoms with Crippen LogP contribution in [0, 0.1) is 0 Å². The quantitative estimate of drug-likeness (QED) is 0.338. The predicted molar refractivity (Wildman–Crippen MR) is 140 cm³/mol. The Bertz CT molecular complexity index is 1410. The molecule has 0 saturated carbocycles. The van der Waals surface area contributed by atoms with Gasteiger partial charge in [0.25, 0.3) is 11.8 Å². The number of hydrogen-bond acceptors (Lipinski definition) is 7. The standard InChI is InChI=1S/C22H18BrCl2F2N5O4S/c1-21(2,9-37-3)30-20(34)15-16(11(25)7-13-17(15)36-22(26,27)35-13)29-19(33)12-8-14(23)31-32(12)18-10(24)5-4-6-28-18/h4-8H,9H2,1-3H3,(H,29,33)(H,30,34). The van der Waals surface area contributed by atoms with Crippen LogP contribution in [0.1, 0.15) is 34.7 Å². The molecule has 2 amide bonds. The second-order valence-corrected chi connectivity index (χ2v) is 10.9. The van der Waals surface area contributed by atoms with E-state index in [9.17, 15) is 18.4 Å². The van der Waals surface area contributed by atoms with E-state index in [1.165, 1.54) is 28.7 Å². The lowest BCUT2D eigenvalue weighted by Gasteiger charge is -2.26. The Kier molecular flexibility index (Phi) is 7.62. The lowest BCUT2D eigenvalue weighted by molar-refractivity contribution is -0.286. The molecule has 15 heteroatoms. The van der Waals surface area contributed by atoms with Crippen LogP contribution in [-0.2, 0) is 0 Å². The minimum atomic E-state index is -4.03. The molecule has 196 valence electrons. The van der Waals surface area contributed by atoms with E-state index in [4.69, 9.17) is 23.2 Å². The summed E-state index contributed by atoms with van der Waals surface area (Å²) in [6, 6.07) is 5.58. The molecule has 0 spiro atoms. The van der Waals surface area contributed by atoms with Crippen molar-refractivity contribution in [2.24, 2.45) is 0 Å². The Morgan fingerprint density at radius 2 is 1.95 bits per heavy atom. The average molecular weight is 637 g/mol. The van der Waals surface area contributed by atoms with E-state index in [2.05, 4.69) is 46.1 Å². The van der Waals surface area contributed by atoms with Crippen molar-refractivity contribution in [3.8, 4) is 17.3 Å². The SMILES string of the molecule is CSCC(C)(C)NC(=O)c1c(NC(=O)c2cc(Br)nn2-c2ncccc2Cl)c(Cl)cc2c1OC(F)(F)O2. The van der Waals surface area contributed by atoms with Crippen LogP contribution in [0.15, 0.2) is 35.1 Å². The lowest BCUT2D eigenvalue weighted by atomic mass is 10.0. The molecule has 0 saturated heterocycles. The summed E-state index contributed by atoms with van der Waals surface area (Å²) in [5.74, 6) is -1.94. The maximum absolute atomic E-state index is 14.0. The molecule has 0 atom stereocenters. The summed E-state index contributed by atoms with van der Waals surface area (Å²) in [5, 5.41) is 9.46. The molecule has 1 aromatic carbocycles. The Morgan fingerprint density at radius 1 is 1.22 bits per heavy atom. The second kappa shape index (κ2) is 10.3. The molecule has 37 heavy (non-hydrogen) atoms. The van der Waals surface area contributed by atoms with Crippen LogP contribution in [-0.4, -0.2) is 50.4 Å². The molecular weight excluding hydrogens is 619 g/mol. The van der Waals surface area contributed by atoms with Crippen molar-refractivity contribution in [3.05, 3.63) is 56.4 Å². The van der Waals surface area contributed by atoms with E-state index in [0.717, 1.165) is 6.07 Å². The zero-order valence-corrected chi connectivity index (χ0v) is 23.3. The highest BCUT2D eigenvalue weighted by molar-refractivity contribution is 9.10. The summed E-state index contributed by atoms with van der Waals surface area (Å²) in [6.07, 6.45) is -0.716. The second-order valence-electron chi connectivity index (χ2n) is 8.40. The van der Waals surface area contributed by atoms with Crippen molar-refractivity contribution >= 4 is 68.4 Å². The number of carbonyl (C=O) groups excluding carboxylic acids is 2. The van der Waals surface area contributed by atoms with E-state index in [1.807, 2.05) is 6.26 Å². The van der Waals surface area contributed by atoms with Crippen LogP contribution >= 0.6 is 50.9 Å². The van der Waals surface area contributed by atoms with Gasteiger partial charge in [-0.1, -0.05) is 23.2 Å². The Morgan fingerprint density at radius 3 is 2.62 bits per heavy atom. The van der Waals surface area contributed by atoms with E-state index in [1.54, 1.807) is 26.0 Å².